The minimum atomic E-state index is 0.426. The van der Waals surface area contributed by atoms with E-state index in [1.807, 2.05) is 0 Å². The van der Waals surface area contributed by atoms with E-state index in [1.54, 1.807) is 0 Å². The van der Waals surface area contributed by atoms with Gasteiger partial charge in [-0.1, -0.05) is 12.1 Å². The lowest BCUT2D eigenvalue weighted by atomic mass is 9.98. The lowest BCUT2D eigenvalue weighted by Gasteiger charge is -2.07. The molecule has 1 saturated carbocycles. The van der Waals surface area contributed by atoms with Crippen LogP contribution in [0.1, 0.15) is 43.3 Å². The highest BCUT2D eigenvalue weighted by molar-refractivity contribution is 5.07. The smallest absolute Gasteiger partial charge is 0.231 e. The predicted molar refractivity (Wildman–Crippen MR) is 51.0 cm³/mol. The van der Waals surface area contributed by atoms with E-state index < -0.39 is 0 Å². The molecule has 2 fully saturated rings. The van der Waals surface area contributed by atoms with E-state index in [1.165, 1.54) is 12.8 Å². The second kappa shape index (κ2) is 3.05. The second-order valence-corrected chi connectivity index (χ2v) is 4.51. The van der Waals surface area contributed by atoms with Crippen molar-refractivity contribution in [3.8, 4) is 0 Å². The number of hydrogen-bond donors (Lipinski definition) is 1. The van der Waals surface area contributed by atoms with Crippen molar-refractivity contribution >= 4 is 0 Å². The molecule has 0 bridgehead atoms. The zero-order valence-electron chi connectivity index (χ0n) is 8.36. The standard InChI is InChI=1S/C10H15N3O/c1-6-4-11-5-8(6)10-12-9(13-14-10)7-2-3-7/h6-8,11H,2-5H2,1H3/t6-,8-/m1/s1. The molecular formula is C10H15N3O. The van der Waals surface area contributed by atoms with Crippen LogP contribution < -0.4 is 5.32 Å². The maximum Gasteiger partial charge on any atom is 0.231 e. The Morgan fingerprint density at radius 3 is 2.86 bits per heavy atom. The molecular weight excluding hydrogens is 178 g/mol. The minimum absolute atomic E-state index is 0.426. The van der Waals surface area contributed by atoms with Crippen molar-refractivity contribution < 1.29 is 4.52 Å². The molecule has 1 N–H and O–H groups in total. The van der Waals surface area contributed by atoms with Gasteiger partial charge in [0.05, 0.1) is 5.92 Å². The molecule has 0 aromatic carbocycles. The molecule has 1 aromatic heterocycles. The van der Waals surface area contributed by atoms with E-state index >= 15 is 0 Å². The van der Waals surface area contributed by atoms with Crippen LogP contribution in [0.15, 0.2) is 4.52 Å². The van der Waals surface area contributed by atoms with Crippen LogP contribution in [0, 0.1) is 5.92 Å². The van der Waals surface area contributed by atoms with Crippen molar-refractivity contribution in [1.29, 1.82) is 0 Å². The molecule has 1 aliphatic heterocycles. The number of nitrogens with one attached hydrogen (secondary N) is 1. The highest BCUT2D eigenvalue weighted by Gasteiger charge is 2.33. The maximum absolute atomic E-state index is 5.32. The lowest BCUT2D eigenvalue weighted by molar-refractivity contribution is 0.336. The zero-order chi connectivity index (χ0) is 9.54. The van der Waals surface area contributed by atoms with Gasteiger partial charge in [0.15, 0.2) is 5.82 Å². The third-order valence-electron chi connectivity index (χ3n) is 3.23. The summed E-state index contributed by atoms with van der Waals surface area (Å²) in [4.78, 5) is 4.49. The summed E-state index contributed by atoms with van der Waals surface area (Å²) in [6.45, 7) is 4.27. The summed E-state index contributed by atoms with van der Waals surface area (Å²) in [7, 11) is 0. The van der Waals surface area contributed by atoms with E-state index in [0.717, 1.165) is 24.8 Å². The maximum atomic E-state index is 5.32. The average Bonchev–Trinajstić information content (AvgIpc) is 2.75. The normalized spacial score (nSPS) is 32.4. The third-order valence-corrected chi connectivity index (χ3v) is 3.23. The van der Waals surface area contributed by atoms with E-state index in [2.05, 4.69) is 22.4 Å². The van der Waals surface area contributed by atoms with Gasteiger partial charge in [0, 0.05) is 12.5 Å². The Bertz CT molecular complexity index is 332. The van der Waals surface area contributed by atoms with Gasteiger partial charge in [0.25, 0.3) is 0 Å². The molecule has 2 atom stereocenters. The molecule has 0 unspecified atom stereocenters. The number of nitrogens with zero attached hydrogens (tertiary/aromatic N) is 2. The SMILES string of the molecule is C[C@@H]1CNC[C@H]1c1nc(C2CC2)no1. The summed E-state index contributed by atoms with van der Waals surface area (Å²) < 4.78 is 5.32. The Morgan fingerprint density at radius 1 is 1.36 bits per heavy atom. The van der Waals surface area contributed by atoms with E-state index in [-0.39, 0.29) is 0 Å². The Kier molecular flexibility index (Phi) is 1.83. The molecule has 1 saturated heterocycles. The first-order valence-corrected chi connectivity index (χ1v) is 5.39. The van der Waals surface area contributed by atoms with E-state index in [9.17, 15) is 0 Å². The highest BCUT2D eigenvalue weighted by Crippen LogP contribution is 2.39. The van der Waals surface area contributed by atoms with Gasteiger partial charge in [0.1, 0.15) is 0 Å². The molecule has 2 heterocycles. The van der Waals surface area contributed by atoms with Crippen molar-refractivity contribution in [1.82, 2.24) is 15.5 Å². The fourth-order valence-electron chi connectivity index (χ4n) is 2.05. The highest BCUT2D eigenvalue weighted by atomic mass is 16.5. The summed E-state index contributed by atoms with van der Waals surface area (Å²) >= 11 is 0. The van der Waals surface area contributed by atoms with Crippen molar-refractivity contribution in [2.45, 2.75) is 31.6 Å². The number of rotatable bonds is 2. The Morgan fingerprint density at radius 2 is 2.21 bits per heavy atom. The van der Waals surface area contributed by atoms with Crippen LogP contribution in [-0.2, 0) is 0 Å². The topological polar surface area (TPSA) is 51.0 Å². The summed E-state index contributed by atoms with van der Waals surface area (Å²) in [5.74, 6) is 3.40. The fourth-order valence-corrected chi connectivity index (χ4v) is 2.05. The first kappa shape index (κ1) is 8.41. The largest absolute Gasteiger partial charge is 0.339 e. The predicted octanol–water partition coefficient (Wildman–Crippen LogP) is 1.27. The molecule has 14 heavy (non-hydrogen) atoms. The fraction of sp³-hybridized carbons (Fsp3) is 0.800. The van der Waals surface area contributed by atoms with Gasteiger partial charge >= 0.3 is 0 Å². The lowest BCUT2D eigenvalue weighted by Crippen LogP contribution is -2.08. The van der Waals surface area contributed by atoms with Gasteiger partial charge < -0.3 is 9.84 Å². The quantitative estimate of drug-likeness (QED) is 0.768. The molecule has 3 rings (SSSR count). The molecule has 0 radical (unpaired) electrons. The first-order valence-electron chi connectivity index (χ1n) is 5.39. The second-order valence-electron chi connectivity index (χ2n) is 4.51. The van der Waals surface area contributed by atoms with Gasteiger partial charge in [-0.25, -0.2) is 0 Å². The van der Waals surface area contributed by atoms with Gasteiger partial charge in [-0.2, -0.15) is 4.98 Å². The molecule has 4 nitrogen and oxygen atoms in total. The van der Waals surface area contributed by atoms with Crippen molar-refractivity contribution in [3.05, 3.63) is 11.7 Å². The number of hydrogen-bond acceptors (Lipinski definition) is 4. The third kappa shape index (κ3) is 1.34. The van der Waals surface area contributed by atoms with Crippen molar-refractivity contribution in [2.24, 2.45) is 5.92 Å². The van der Waals surface area contributed by atoms with Crippen LogP contribution in [0.5, 0.6) is 0 Å². The Labute approximate surface area is 83.1 Å². The molecule has 76 valence electrons. The Balaban J connectivity index is 1.81. The van der Waals surface area contributed by atoms with Crippen LogP contribution in [0.2, 0.25) is 0 Å². The summed E-state index contributed by atoms with van der Waals surface area (Å²) in [5, 5.41) is 7.39. The van der Waals surface area contributed by atoms with Gasteiger partial charge in [0.2, 0.25) is 5.89 Å². The van der Waals surface area contributed by atoms with Gasteiger partial charge in [-0.05, 0) is 25.3 Å². The monoisotopic (exact) mass is 193 g/mol. The molecule has 2 aliphatic rings. The van der Waals surface area contributed by atoms with Crippen LogP contribution in [0.3, 0.4) is 0 Å². The van der Waals surface area contributed by atoms with Crippen LogP contribution in [0.25, 0.3) is 0 Å². The molecule has 4 heteroatoms. The molecule has 0 amide bonds. The van der Waals surface area contributed by atoms with Crippen molar-refractivity contribution in [3.63, 3.8) is 0 Å². The van der Waals surface area contributed by atoms with Crippen molar-refractivity contribution in [2.75, 3.05) is 13.1 Å². The summed E-state index contributed by atoms with van der Waals surface area (Å²) in [5.41, 5.74) is 0. The van der Waals surface area contributed by atoms with Gasteiger partial charge in [-0.3, -0.25) is 0 Å². The molecule has 1 aliphatic carbocycles. The average molecular weight is 193 g/mol. The van der Waals surface area contributed by atoms with Gasteiger partial charge in [-0.15, -0.1) is 0 Å². The molecule has 0 spiro atoms. The van der Waals surface area contributed by atoms with Crippen LogP contribution in [-0.4, -0.2) is 23.2 Å². The minimum Gasteiger partial charge on any atom is -0.339 e. The van der Waals surface area contributed by atoms with E-state index in [4.69, 9.17) is 4.52 Å². The first-order chi connectivity index (χ1) is 6.84. The molecule has 1 aromatic rings. The van der Waals surface area contributed by atoms with Crippen LogP contribution in [0.4, 0.5) is 0 Å². The zero-order valence-corrected chi connectivity index (χ0v) is 8.36. The van der Waals surface area contributed by atoms with E-state index in [0.29, 0.717) is 17.8 Å². The van der Waals surface area contributed by atoms with Crippen LogP contribution >= 0.6 is 0 Å². The number of aromatic nitrogens is 2. The Hall–Kier alpha value is -0.900. The summed E-state index contributed by atoms with van der Waals surface area (Å²) in [6, 6.07) is 0. The summed E-state index contributed by atoms with van der Waals surface area (Å²) in [6.07, 6.45) is 2.47.